The highest BCUT2D eigenvalue weighted by molar-refractivity contribution is 6.31. The van der Waals surface area contributed by atoms with Gasteiger partial charge in [-0.15, -0.1) is 0 Å². The Kier molecular flexibility index (Phi) is 4.90. The van der Waals surface area contributed by atoms with Gasteiger partial charge in [0, 0.05) is 11.2 Å². The lowest BCUT2D eigenvalue weighted by Crippen LogP contribution is -2.30. The fourth-order valence-electron chi connectivity index (χ4n) is 1.90. The molecule has 1 aromatic heterocycles. The molecule has 1 aromatic carbocycles. The van der Waals surface area contributed by atoms with Crippen molar-refractivity contribution in [1.82, 2.24) is 10.3 Å². The second-order valence-corrected chi connectivity index (χ2v) is 4.77. The van der Waals surface area contributed by atoms with Crippen LogP contribution < -0.4 is 5.32 Å². The second kappa shape index (κ2) is 6.85. The monoisotopic (exact) mass is 304 g/mol. The first-order valence-corrected chi connectivity index (χ1v) is 6.64. The van der Waals surface area contributed by atoms with Crippen molar-refractivity contribution < 1.29 is 14.7 Å². The van der Waals surface area contributed by atoms with Gasteiger partial charge in [-0.2, -0.15) is 0 Å². The van der Waals surface area contributed by atoms with E-state index in [-0.39, 0.29) is 12.1 Å². The highest BCUT2D eigenvalue weighted by Crippen LogP contribution is 2.25. The first-order valence-electron chi connectivity index (χ1n) is 6.26. The van der Waals surface area contributed by atoms with E-state index < -0.39 is 17.9 Å². The van der Waals surface area contributed by atoms with E-state index in [0.29, 0.717) is 10.6 Å². The van der Waals surface area contributed by atoms with E-state index >= 15 is 0 Å². The predicted molar refractivity (Wildman–Crippen MR) is 78.1 cm³/mol. The average molecular weight is 305 g/mol. The molecule has 21 heavy (non-hydrogen) atoms. The van der Waals surface area contributed by atoms with Gasteiger partial charge in [-0.1, -0.05) is 35.9 Å². The Morgan fingerprint density at radius 3 is 2.52 bits per heavy atom. The Morgan fingerprint density at radius 1 is 1.19 bits per heavy atom. The number of halogens is 1. The minimum atomic E-state index is -1.03. The lowest BCUT2D eigenvalue weighted by molar-refractivity contribution is -0.137. The van der Waals surface area contributed by atoms with Gasteiger partial charge in [-0.3, -0.25) is 14.6 Å². The third-order valence-corrected chi connectivity index (χ3v) is 3.21. The van der Waals surface area contributed by atoms with Crippen molar-refractivity contribution in [1.29, 1.82) is 0 Å². The fraction of sp³-hybridized carbons (Fsp3) is 0.133. The molecule has 0 unspecified atom stereocenters. The molecule has 6 heteroatoms. The Hall–Kier alpha value is -2.40. The molecule has 1 amide bonds. The minimum Gasteiger partial charge on any atom is -0.481 e. The van der Waals surface area contributed by atoms with Crippen LogP contribution >= 0.6 is 11.6 Å². The van der Waals surface area contributed by atoms with Gasteiger partial charge in [0.05, 0.1) is 12.5 Å². The summed E-state index contributed by atoms with van der Waals surface area (Å²) < 4.78 is 0. The highest BCUT2D eigenvalue weighted by Gasteiger charge is 2.21. The van der Waals surface area contributed by atoms with Crippen molar-refractivity contribution in [3.63, 3.8) is 0 Å². The number of nitrogens with zero attached hydrogens (tertiary/aromatic N) is 1. The molecule has 0 aliphatic carbocycles. The summed E-state index contributed by atoms with van der Waals surface area (Å²) in [6, 6.07) is 11.0. The molecule has 0 saturated heterocycles. The summed E-state index contributed by atoms with van der Waals surface area (Å²) in [7, 11) is 0. The van der Waals surface area contributed by atoms with Crippen molar-refractivity contribution in [2.45, 2.75) is 12.5 Å². The molecule has 108 valence electrons. The number of aliphatic carboxylic acids is 1. The van der Waals surface area contributed by atoms with Gasteiger partial charge in [-0.05, 0) is 23.8 Å². The van der Waals surface area contributed by atoms with Crippen LogP contribution in [0.25, 0.3) is 0 Å². The van der Waals surface area contributed by atoms with Gasteiger partial charge in [0.2, 0.25) is 0 Å². The van der Waals surface area contributed by atoms with Crippen LogP contribution in [0.5, 0.6) is 0 Å². The van der Waals surface area contributed by atoms with Crippen LogP contribution in [0.15, 0.2) is 48.7 Å². The summed E-state index contributed by atoms with van der Waals surface area (Å²) in [6.45, 7) is 0. The Morgan fingerprint density at radius 2 is 1.90 bits per heavy atom. The fourth-order valence-corrected chi connectivity index (χ4v) is 2.17. The molecule has 2 N–H and O–H groups in total. The van der Waals surface area contributed by atoms with Crippen molar-refractivity contribution in [3.05, 3.63) is 64.9 Å². The number of hydrogen-bond acceptors (Lipinski definition) is 3. The molecule has 0 aliphatic rings. The minimum absolute atomic E-state index is 0.222. The summed E-state index contributed by atoms with van der Waals surface area (Å²) in [6.07, 6.45) is 1.24. The molecule has 0 aliphatic heterocycles. The van der Waals surface area contributed by atoms with Gasteiger partial charge < -0.3 is 10.4 Å². The van der Waals surface area contributed by atoms with E-state index in [1.165, 1.54) is 6.20 Å². The number of carboxylic acids is 1. The quantitative estimate of drug-likeness (QED) is 0.890. The van der Waals surface area contributed by atoms with Crippen LogP contribution in [0.1, 0.15) is 28.5 Å². The molecule has 0 bridgehead atoms. The maximum absolute atomic E-state index is 12.1. The SMILES string of the molecule is O=C(O)C[C@H](NC(=O)c1ccccn1)c1ccccc1Cl. The number of carboxylic acid groups (broad SMARTS) is 1. The third kappa shape index (κ3) is 4.03. The summed E-state index contributed by atoms with van der Waals surface area (Å²) in [5, 5.41) is 12.1. The molecule has 2 aromatic rings. The first-order chi connectivity index (χ1) is 10.1. The number of aromatic nitrogens is 1. The Bertz CT molecular complexity index is 646. The zero-order chi connectivity index (χ0) is 15.2. The van der Waals surface area contributed by atoms with Crippen LogP contribution in [0.2, 0.25) is 5.02 Å². The lowest BCUT2D eigenvalue weighted by atomic mass is 10.0. The van der Waals surface area contributed by atoms with Gasteiger partial charge in [-0.25, -0.2) is 0 Å². The van der Waals surface area contributed by atoms with Crippen molar-refractivity contribution >= 4 is 23.5 Å². The molecule has 1 heterocycles. The number of carbonyl (C=O) groups is 2. The standard InChI is InChI=1S/C15H13ClN2O3/c16-11-6-2-1-5-10(11)13(9-14(19)20)18-15(21)12-7-3-4-8-17-12/h1-8,13H,9H2,(H,18,21)(H,19,20)/t13-/m0/s1. The molecule has 0 fully saturated rings. The topological polar surface area (TPSA) is 79.3 Å². The third-order valence-electron chi connectivity index (χ3n) is 2.86. The predicted octanol–water partition coefficient (Wildman–Crippen LogP) is 2.68. The summed E-state index contributed by atoms with van der Waals surface area (Å²) in [5.41, 5.74) is 0.783. The first kappa shape index (κ1) is 15.0. The van der Waals surface area contributed by atoms with Crippen molar-refractivity contribution in [2.75, 3.05) is 0 Å². The lowest BCUT2D eigenvalue weighted by Gasteiger charge is -2.18. The number of amides is 1. The Balaban J connectivity index is 2.23. The largest absolute Gasteiger partial charge is 0.481 e. The van der Waals surface area contributed by atoms with E-state index in [4.69, 9.17) is 16.7 Å². The van der Waals surface area contributed by atoms with E-state index in [2.05, 4.69) is 10.3 Å². The van der Waals surface area contributed by atoms with E-state index in [1.54, 1.807) is 42.5 Å². The zero-order valence-electron chi connectivity index (χ0n) is 11.0. The number of carbonyl (C=O) groups excluding carboxylic acids is 1. The molecular formula is C15H13ClN2O3. The molecule has 1 atom stereocenters. The maximum atomic E-state index is 12.1. The maximum Gasteiger partial charge on any atom is 0.305 e. The van der Waals surface area contributed by atoms with Gasteiger partial charge >= 0.3 is 5.97 Å². The van der Waals surface area contributed by atoms with Crippen molar-refractivity contribution in [2.24, 2.45) is 0 Å². The number of hydrogen-bond donors (Lipinski definition) is 2. The average Bonchev–Trinajstić information content (AvgIpc) is 2.47. The molecule has 2 rings (SSSR count). The Labute approximate surface area is 126 Å². The summed E-state index contributed by atoms with van der Waals surface area (Å²) >= 11 is 6.07. The van der Waals surface area contributed by atoms with Crippen LogP contribution in [-0.2, 0) is 4.79 Å². The number of nitrogens with one attached hydrogen (secondary N) is 1. The zero-order valence-corrected chi connectivity index (χ0v) is 11.7. The molecule has 0 spiro atoms. The molecule has 5 nitrogen and oxygen atoms in total. The van der Waals surface area contributed by atoms with E-state index in [1.807, 2.05) is 0 Å². The number of rotatable bonds is 5. The second-order valence-electron chi connectivity index (χ2n) is 4.36. The molecular weight excluding hydrogens is 292 g/mol. The van der Waals surface area contributed by atoms with Gasteiger partial charge in [0.25, 0.3) is 5.91 Å². The van der Waals surface area contributed by atoms with Gasteiger partial charge in [0.15, 0.2) is 0 Å². The smallest absolute Gasteiger partial charge is 0.305 e. The number of pyridine rings is 1. The van der Waals surface area contributed by atoms with Gasteiger partial charge in [0.1, 0.15) is 5.69 Å². The number of benzene rings is 1. The van der Waals surface area contributed by atoms with Crippen LogP contribution in [0, 0.1) is 0 Å². The van der Waals surface area contributed by atoms with Crippen LogP contribution in [-0.4, -0.2) is 22.0 Å². The normalized spacial score (nSPS) is 11.7. The van der Waals surface area contributed by atoms with Crippen LogP contribution in [0.4, 0.5) is 0 Å². The van der Waals surface area contributed by atoms with Crippen LogP contribution in [0.3, 0.4) is 0 Å². The van der Waals surface area contributed by atoms with Crippen molar-refractivity contribution in [3.8, 4) is 0 Å². The molecule has 0 saturated carbocycles. The van der Waals surface area contributed by atoms with E-state index in [0.717, 1.165) is 0 Å². The molecule has 0 radical (unpaired) electrons. The highest BCUT2D eigenvalue weighted by atomic mass is 35.5. The van der Waals surface area contributed by atoms with E-state index in [9.17, 15) is 9.59 Å². The summed E-state index contributed by atoms with van der Waals surface area (Å²) in [5.74, 6) is -1.47. The summed E-state index contributed by atoms with van der Waals surface area (Å²) in [4.78, 5) is 27.0.